The minimum absolute atomic E-state index is 0.312. The molecule has 23 heavy (non-hydrogen) atoms. The number of hydrogen-bond acceptors (Lipinski definition) is 5. The van der Waals surface area contributed by atoms with E-state index >= 15 is 0 Å². The van der Waals surface area contributed by atoms with Crippen LogP contribution in [0.2, 0.25) is 0 Å². The third kappa shape index (κ3) is 10.5. The number of ether oxygens (including phenoxy) is 3. The first-order valence-electron chi connectivity index (χ1n) is 8.57. The van der Waals surface area contributed by atoms with E-state index in [2.05, 4.69) is 27.6 Å². The summed E-state index contributed by atoms with van der Waals surface area (Å²) in [5.74, 6) is 0.837. The average molecular weight is 330 g/mol. The van der Waals surface area contributed by atoms with Crippen LogP contribution in [0, 0.1) is 0 Å². The largest absolute Gasteiger partial charge is 0.383 e. The molecule has 7 heteroatoms. The highest BCUT2D eigenvalue weighted by molar-refractivity contribution is 5.79. The van der Waals surface area contributed by atoms with Crippen LogP contribution in [0.3, 0.4) is 0 Å². The lowest BCUT2D eigenvalue weighted by molar-refractivity contribution is 0.0168. The molecule has 0 spiro atoms. The molecule has 1 saturated heterocycles. The summed E-state index contributed by atoms with van der Waals surface area (Å²) in [6, 6.07) is 0. The first-order valence-corrected chi connectivity index (χ1v) is 8.57. The maximum absolute atomic E-state index is 5.64. The lowest BCUT2D eigenvalue weighted by Gasteiger charge is -2.17. The molecule has 0 amide bonds. The van der Waals surface area contributed by atoms with Crippen LogP contribution in [0.15, 0.2) is 4.99 Å². The lowest BCUT2D eigenvalue weighted by Crippen LogP contribution is -2.41. The molecule has 0 saturated carbocycles. The molecule has 0 radical (unpaired) electrons. The summed E-state index contributed by atoms with van der Waals surface area (Å²) in [6.07, 6.45) is 3.57. The van der Waals surface area contributed by atoms with Gasteiger partial charge in [0.25, 0.3) is 0 Å². The number of hydrogen-bond donors (Lipinski definition) is 2. The van der Waals surface area contributed by atoms with Gasteiger partial charge in [0.2, 0.25) is 0 Å². The Hall–Kier alpha value is -0.890. The average Bonchev–Trinajstić information content (AvgIpc) is 3.07. The highest BCUT2D eigenvalue weighted by Gasteiger charge is 2.14. The second-order valence-corrected chi connectivity index (χ2v) is 5.79. The summed E-state index contributed by atoms with van der Waals surface area (Å²) in [6.45, 7) is 6.72. The highest BCUT2D eigenvalue weighted by Crippen LogP contribution is 2.11. The molecule has 1 heterocycles. The summed E-state index contributed by atoms with van der Waals surface area (Å²) in [7, 11) is 5.60. The molecule has 1 unspecified atom stereocenters. The van der Waals surface area contributed by atoms with Crippen LogP contribution >= 0.6 is 0 Å². The van der Waals surface area contributed by atoms with Crippen LogP contribution in [0.4, 0.5) is 0 Å². The molecule has 136 valence electrons. The molecule has 7 nitrogen and oxygen atoms in total. The molecular weight excluding hydrogens is 296 g/mol. The van der Waals surface area contributed by atoms with E-state index < -0.39 is 0 Å². The van der Waals surface area contributed by atoms with Crippen LogP contribution in [0.1, 0.15) is 19.3 Å². The van der Waals surface area contributed by atoms with Gasteiger partial charge in [0.1, 0.15) is 0 Å². The first-order chi connectivity index (χ1) is 11.3. The van der Waals surface area contributed by atoms with E-state index in [0.29, 0.717) is 6.10 Å². The minimum Gasteiger partial charge on any atom is -0.383 e. The fraction of sp³-hybridized carbons (Fsp3) is 0.938. The summed E-state index contributed by atoms with van der Waals surface area (Å²) < 4.78 is 16.2. The van der Waals surface area contributed by atoms with E-state index in [1.54, 1.807) is 14.2 Å². The summed E-state index contributed by atoms with van der Waals surface area (Å²) in [5.41, 5.74) is 0. The summed E-state index contributed by atoms with van der Waals surface area (Å²) in [4.78, 5) is 6.44. The molecule has 1 aliphatic heterocycles. The van der Waals surface area contributed by atoms with Crippen LogP contribution in [0.25, 0.3) is 0 Å². The number of aliphatic imine (C=N–C) groups is 1. The van der Waals surface area contributed by atoms with Gasteiger partial charge in [0.05, 0.1) is 19.3 Å². The van der Waals surface area contributed by atoms with Gasteiger partial charge in [0, 0.05) is 53.6 Å². The minimum atomic E-state index is 0.312. The third-order valence-electron chi connectivity index (χ3n) is 3.77. The van der Waals surface area contributed by atoms with Crippen molar-refractivity contribution in [2.75, 3.05) is 73.8 Å². The molecule has 0 aromatic rings. The van der Waals surface area contributed by atoms with E-state index in [4.69, 9.17) is 14.2 Å². The molecule has 0 aromatic heterocycles. The number of rotatable bonds is 12. The predicted octanol–water partition coefficient (Wildman–Crippen LogP) is 0.315. The van der Waals surface area contributed by atoms with Gasteiger partial charge in [-0.05, 0) is 26.3 Å². The van der Waals surface area contributed by atoms with Crippen molar-refractivity contribution in [3.8, 4) is 0 Å². The number of likely N-dealkylation sites (N-methyl/N-ethyl adjacent to an activating group) is 1. The van der Waals surface area contributed by atoms with E-state index in [-0.39, 0.29) is 0 Å². The molecular formula is C16H34N4O3. The van der Waals surface area contributed by atoms with Crippen molar-refractivity contribution in [1.82, 2.24) is 15.5 Å². The van der Waals surface area contributed by atoms with Gasteiger partial charge in [-0.2, -0.15) is 0 Å². The molecule has 1 rings (SSSR count). The maximum Gasteiger partial charge on any atom is 0.191 e. The van der Waals surface area contributed by atoms with Crippen molar-refractivity contribution >= 4 is 5.96 Å². The van der Waals surface area contributed by atoms with Crippen LogP contribution in [0.5, 0.6) is 0 Å². The molecule has 0 aromatic carbocycles. The Morgan fingerprint density at radius 1 is 1.26 bits per heavy atom. The Balaban J connectivity index is 1.94. The van der Waals surface area contributed by atoms with Crippen LogP contribution in [-0.2, 0) is 14.2 Å². The van der Waals surface area contributed by atoms with Gasteiger partial charge in [-0.1, -0.05) is 0 Å². The highest BCUT2D eigenvalue weighted by atomic mass is 16.5. The molecule has 2 N–H and O–H groups in total. The smallest absolute Gasteiger partial charge is 0.191 e. The molecule has 1 atom stereocenters. The number of nitrogens with zero attached hydrogens (tertiary/aromatic N) is 2. The number of methoxy groups -OCH3 is 1. The monoisotopic (exact) mass is 330 g/mol. The Morgan fingerprint density at radius 3 is 2.78 bits per heavy atom. The number of guanidine groups is 1. The van der Waals surface area contributed by atoms with Crippen LogP contribution < -0.4 is 10.6 Å². The van der Waals surface area contributed by atoms with Crippen molar-refractivity contribution < 1.29 is 14.2 Å². The van der Waals surface area contributed by atoms with E-state index in [1.807, 2.05) is 0 Å². The Kier molecular flexibility index (Phi) is 11.9. The Labute approximate surface area is 140 Å². The second kappa shape index (κ2) is 13.5. The van der Waals surface area contributed by atoms with Crippen molar-refractivity contribution in [2.24, 2.45) is 4.99 Å². The Bertz CT molecular complexity index is 310. The van der Waals surface area contributed by atoms with Crippen molar-refractivity contribution in [3.05, 3.63) is 0 Å². The standard InChI is InChI=1S/C16H34N4O3/c1-17-16(19-8-9-20(2)10-13-21-3)18-7-5-11-22-14-15-6-4-12-23-15/h15H,4-14H2,1-3H3,(H2,17,18,19). The predicted molar refractivity (Wildman–Crippen MR) is 93.1 cm³/mol. The molecule has 0 aliphatic carbocycles. The quantitative estimate of drug-likeness (QED) is 0.305. The van der Waals surface area contributed by atoms with Gasteiger partial charge >= 0.3 is 0 Å². The second-order valence-electron chi connectivity index (χ2n) is 5.79. The first kappa shape index (κ1) is 20.2. The fourth-order valence-electron chi connectivity index (χ4n) is 2.32. The SMILES string of the molecule is CN=C(NCCCOCC1CCCO1)NCCN(C)CCOC. The fourth-order valence-corrected chi connectivity index (χ4v) is 2.32. The van der Waals surface area contributed by atoms with E-state index in [0.717, 1.165) is 77.8 Å². The molecule has 1 aliphatic rings. The van der Waals surface area contributed by atoms with Gasteiger partial charge in [-0.25, -0.2) is 0 Å². The van der Waals surface area contributed by atoms with E-state index in [9.17, 15) is 0 Å². The van der Waals surface area contributed by atoms with Gasteiger partial charge < -0.3 is 29.7 Å². The van der Waals surface area contributed by atoms with Gasteiger partial charge in [-0.3, -0.25) is 4.99 Å². The summed E-state index contributed by atoms with van der Waals surface area (Å²) >= 11 is 0. The zero-order valence-electron chi connectivity index (χ0n) is 15.0. The number of nitrogens with one attached hydrogen (secondary N) is 2. The van der Waals surface area contributed by atoms with Crippen LogP contribution in [-0.4, -0.2) is 90.8 Å². The lowest BCUT2D eigenvalue weighted by atomic mass is 10.2. The van der Waals surface area contributed by atoms with Gasteiger partial charge in [0.15, 0.2) is 5.96 Å². The third-order valence-corrected chi connectivity index (χ3v) is 3.77. The summed E-state index contributed by atoms with van der Waals surface area (Å²) in [5, 5.41) is 6.61. The van der Waals surface area contributed by atoms with Crippen molar-refractivity contribution in [2.45, 2.75) is 25.4 Å². The maximum atomic E-state index is 5.64. The topological polar surface area (TPSA) is 67.4 Å². The van der Waals surface area contributed by atoms with Gasteiger partial charge in [-0.15, -0.1) is 0 Å². The van der Waals surface area contributed by atoms with E-state index in [1.165, 1.54) is 0 Å². The molecule has 0 bridgehead atoms. The zero-order valence-corrected chi connectivity index (χ0v) is 15.0. The normalized spacial score (nSPS) is 18.6. The Morgan fingerprint density at radius 2 is 2.09 bits per heavy atom. The zero-order chi connectivity index (χ0) is 16.8. The molecule has 1 fully saturated rings. The van der Waals surface area contributed by atoms with Crippen molar-refractivity contribution in [1.29, 1.82) is 0 Å². The van der Waals surface area contributed by atoms with Crippen molar-refractivity contribution in [3.63, 3.8) is 0 Å².